The standard InChI is InChI=1S/C15H12F2N2O4/c1-9(15(21)10-2-3-11(16)12(17)6-10)7-18-5-4-14(20)13(8-18)19(22)23/h2-6,8-9H,7H2,1H3/t9-/m1/s1. The van der Waals surface area contributed by atoms with E-state index in [4.69, 9.17) is 0 Å². The lowest BCUT2D eigenvalue weighted by Gasteiger charge is -2.13. The van der Waals surface area contributed by atoms with Crippen molar-refractivity contribution in [2.75, 3.05) is 0 Å². The quantitative estimate of drug-likeness (QED) is 0.481. The van der Waals surface area contributed by atoms with Crippen LogP contribution in [-0.4, -0.2) is 15.3 Å². The van der Waals surface area contributed by atoms with E-state index in [1.807, 2.05) is 0 Å². The molecule has 23 heavy (non-hydrogen) atoms. The molecule has 0 spiro atoms. The maximum absolute atomic E-state index is 13.2. The van der Waals surface area contributed by atoms with Crippen LogP contribution in [0.5, 0.6) is 0 Å². The highest BCUT2D eigenvalue weighted by Gasteiger charge is 2.19. The van der Waals surface area contributed by atoms with Gasteiger partial charge < -0.3 is 4.57 Å². The molecule has 1 atom stereocenters. The summed E-state index contributed by atoms with van der Waals surface area (Å²) in [6, 6.07) is 3.87. The van der Waals surface area contributed by atoms with Gasteiger partial charge in [0, 0.05) is 30.3 Å². The first-order valence-corrected chi connectivity index (χ1v) is 6.63. The molecule has 0 unspecified atom stereocenters. The van der Waals surface area contributed by atoms with E-state index in [9.17, 15) is 28.5 Å². The first kappa shape index (κ1) is 16.5. The average Bonchev–Trinajstić information content (AvgIpc) is 2.50. The largest absolute Gasteiger partial charge is 0.347 e. The van der Waals surface area contributed by atoms with Crippen molar-refractivity contribution < 1.29 is 18.5 Å². The Hall–Kier alpha value is -2.90. The predicted octanol–water partition coefficient (Wildman–Crippen LogP) is 2.55. The second-order valence-electron chi connectivity index (χ2n) is 5.04. The number of halogens is 2. The maximum atomic E-state index is 13.2. The average molecular weight is 322 g/mol. The summed E-state index contributed by atoms with van der Waals surface area (Å²) >= 11 is 0. The number of carbonyl (C=O) groups is 1. The molecule has 120 valence electrons. The number of rotatable bonds is 5. The van der Waals surface area contributed by atoms with Crippen LogP contribution in [0, 0.1) is 27.7 Å². The topological polar surface area (TPSA) is 82.2 Å². The molecule has 0 fully saturated rings. The van der Waals surface area contributed by atoms with Gasteiger partial charge in [-0.25, -0.2) is 8.78 Å². The van der Waals surface area contributed by atoms with Crippen LogP contribution >= 0.6 is 0 Å². The third-order valence-corrected chi connectivity index (χ3v) is 3.29. The Labute approximate surface area is 129 Å². The number of carbonyl (C=O) groups excluding carboxylic acids is 1. The maximum Gasteiger partial charge on any atom is 0.332 e. The Kier molecular flexibility index (Phi) is 4.63. The number of hydrogen-bond acceptors (Lipinski definition) is 4. The summed E-state index contributed by atoms with van der Waals surface area (Å²) in [4.78, 5) is 33.5. The van der Waals surface area contributed by atoms with E-state index >= 15 is 0 Å². The minimum absolute atomic E-state index is 0.00643. The Morgan fingerprint density at radius 1 is 1.30 bits per heavy atom. The van der Waals surface area contributed by atoms with Gasteiger partial charge in [-0.15, -0.1) is 0 Å². The summed E-state index contributed by atoms with van der Waals surface area (Å²) in [6.07, 6.45) is 2.36. The smallest absolute Gasteiger partial charge is 0.332 e. The fourth-order valence-corrected chi connectivity index (χ4v) is 2.10. The van der Waals surface area contributed by atoms with E-state index in [0.29, 0.717) is 0 Å². The molecule has 8 heteroatoms. The van der Waals surface area contributed by atoms with E-state index < -0.39 is 39.4 Å². The van der Waals surface area contributed by atoms with E-state index in [-0.39, 0.29) is 12.1 Å². The number of pyridine rings is 1. The Morgan fingerprint density at radius 2 is 2.00 bits per heavy atom. The van der Waals surface area contributed by atoms with Crippen molar-refractivity contribution in [1.82, 2.24) is 4.57 Å². The van der Waals surface area contributed by atoms with Gasteiger partial charge in [0.2, 0.25) is 0 Å². The monoisotopic (exact) mass is 322 g/mol. The van der Waals surface area contributed by atoms with Crippen LogP contribution in [0.3, 0.4) is 0 Å². The number of benzene rings is 1. The molecule has 6 nitrogen and oxygen atoms in total. The van der Waals surface area contributed by atoms with Gasteiger partial charge >= 0.3 is 5.69 Å². The number of nitrogens with zero attached hydrogens (tertiary/aromatic N) is 2. The molecule has 0 saturated heterocycles. The lowest BCUT2D eigenvalue weighted by Crippen LogP contribution is -2.19. The number of Topliss-reactive ketones (excluding diaryl/α,β-unsaturated/α-hetero) is 1. The Balaban J connectivity index is 2.21. The Morgan fingerprint density at radius 3 is 2.61 bits per heavy atom. The van der Waals surface area contributed by atoms with Gasteiger partial charge in [0.05, 0.1) is 11.1 Å². The highest BCUT2D eigenvalue weighted by atomic mass is 19.2. The molecule has 0 amide bonds. The molecule has 0 bridgehead atoms. The summed E-state index contributed by atoms with van der Waals surface area (Å²) in [7, 11) is 0. The third-order valence-electron chi connectivity index (χ3n) is 3.29. The minimum atomic E-state index is -1.12. The van der Waals surface area contributed by atoms with E-state index in [1.54, 1.807) is 6.92 Å². The van der Waals surface area contributed by atoms with Gasteiger partial charge in [-0.1, -0.05) is 6.92 Å². The zero-order chi connectivity index (χ0) is 17.1. The Bertz CT molecular complexity index is 832. The van der Waals surface area contributed by atoms with Gasteiger partial charge in [-0.2, -0.15) is 0 Å². The van der Waals surface area contributed by atoms with Crippen molar-refractivity contribution in [2.45, 2.75) is 13.5 Å². The molecule has 1 heterocycles. The first-order valence-electron chi connectivity index (χ1n) is 6.63. The molecule has 0 N–H and O–H groups in total. The number of aromatic nitrogens is 1. The third kappa shape index (κ3) is 3.65. The van der Waals surface area contributed by atoms with Crippen LogP contribution in [0.2, 0.25) is 0 Å². The first-order chi connectivity index (χ1) is 10.8. The molecular weight excluding hydrogens is 310 g/mol. The van der Waals surface area contributed by atoms with E-state index in [0.717, 1.165) is 24.4 Å². The molecule has 0 aliphatic rings. The van der Waals surface area contributed by atoms with Crippen molar-refractivity contribution in [1.29, 1.82) is 0 Å². The SMILES string of the molecule is C[C@H](Cn1ccc(=O)c([N+](=O)[O-])c1)C(=O)c1ccc(F)c(F)c1. The van der Waals surface area contributed by atoms with Crippen molar-refractivity contribution in [3.63, 3.8) is 0 Å². The fourth-order valence-electron chi connectivity index (χ4n) is 2.10. The van der Waals surface area contributed by atoms with Crippen LogP contribution in [0.25, 0.3) is 0 Å². The summed E-state index contributed by atoms with van der Waals surface area (Å²) in [5.41, 5.74) is -1.32. The van der Waals surface area contributed by atoms with Gasteiger partial charge in [-0.3, -0.25) is 19.7 Å². The van der Waals surface area contributed by atoms with Gasteiger partial charge in [0.15, 0.2) is 17.4 Å². The summed E-state index contributed by atoms with van der Waals surface area (Å²) < 4.78 is 27.4. The highest BCUT2D eigenvalue weighted by molar-refractivity contribution is 5.97. The zero-order valence-corrected chi connectivity index (χ0v) is 12.0. The summed E-state index contributed by atoms with van der Waals surface area (Å²) in [5, 5.41) is 10.7. The van der Waals surface area contributed by atoms with Crippen LogP contribution in [0.4, 0.5) is 14.5 Å². The van der Waals surface area contributed by atoms with Crippen molar-refractivity contribution in [2.24, 2.45) is 5.92 Å². The number of nitro groups is 1. The van der Waals surface area contributed by atoms with Gasteiger partial charge in [0.1, 0.15) is 0 Å². The van der Waals surface area contributed by atoms with Gasteiger partial charge in [-0.05, 0) is 18.2 Å². The molecule has 2 aromatic rings. The number of hydrogen-bond donors (Lipinski definition) is 0. The molecule has 0 aliphatic carbocycles. The van der Waals surface area contributed by atoms with Gasteiger partial charge in [0.25, 0.3) is 5.43 Å². The molecule has 0 saturated carbocycles. The molecule has 0 radical (unpaired) electrons. The second kappa shape index (κ2) is 6.47. The summed E-state index contributed by atoms with van der Waals surface area (Å²) in [5.74, 6) is -3.26. The lowest BCUT2D eigenvalue weighted by molar-refractivity contribution is -0.386. The predicted molar refractivity (Wildman–Crippen MR) is 77.2 cm³/mol. The van der Waals surface area contributed by atoms with E-state index in [2.05, 4.69) is 0 Å². The van der Waals surface area contributed by atoms with Crippen LogP contribution in [0.1, 0.15) is 17.3 Å². The molecular formula is C15H12F2N2O4. The minimum Gasteiger partial charge on any atom is -0.347 e. The summed E-state index contributed by atoms with van der Waals surface area (Å²) in [6.45, 7) is 1.60. The van der Waals surface area contributed by atoms with Crippen molar-refractivity contribution in [3.8, 4) is 0 Å². The zero-order valence-electron chi connectivity index (χ0n) is 12.0. The van der Waals surface area contributed by atoms with E-state index in [1.165, 1.54) is 16.8 Å². The number of ketones is 1. The second-order valence-corrected chi connectivity index (χ2v) is 5.04. The molecule has 2 rings (SSSR count). The normalized spacial score (nSPS) is 12.0. The van der Waals surface area contributed by atoms with Crippen molar-refractivity contribution in [3.05, 3.63) is 74.2 Å². The van der Waals surface area contributed by atoms with Crippen molar-refractivity contribution >= 4 is 11.5 Å². The molecule has 1 aromatic heterocycles. The molecule has 1 aromatic carbocycles. The fraction of sp³-hybridized carbons (Fsp3) is 0.200. The highest BCUT2D eigenvalue weighted by Crippen LogP contribution is 2.15. The van der Waals surface area contributed by atoms with Crippen LogP contribution in [0.15, 0.2) is 41.5 Å². The van der Waals surface area contributed by atoms with Crippen LogP contribution < -0.4 is 5.43 Å². The van der Waals surface area contributed by atoms with Crippen LogP contribution in [-0.2, 0) is 6.54 Å². The lowest BCUT2D eigenvalue weighted by atomic mass is 9.99. The molecule has 0 aliphatic heterocycles.